The van der Waals surface area contributed by atoms with Gasteiger partial charge >= 0.3 is 5.97 Å². The topological polar surface area (TPSA) is 119 Å². The van der Waals surface area contributed by atoms with Gasteiger partial charge in [-0.1, -0.05) is 23.2 Å². The number of ether oxygens (including phenoxy) is 7. The third kappa shape index (κ3) is 5.83. The van der Waals surface area contributed by atoms with Gasteiger partial charge in [-0.2, -0.15) is 0 Å². The van der Waals surface area contributed by atoms with E-state index in [1.54, 1.807) is 6.92 Å². The summed E-state index contributed by atoms with van der Waals surface area (Å²) in [7, 11) is 5.44. The Morgan fingerprint density at radius 3 is 1.76 bits per heavy atom. The number of aromatic carboxylic acids is 1. The molecule has 34 heavy (non-hydrogen) atoms. The van der Waals surface area contributed by atoms with Gasteiger partial charge in [0.2, 0.25) is 5.78 Å². The van der Waals surface area contributed by atoms with Crippen LogP contribution in [0.25, 0.3) is 0 Å². The molecule has 0 saturated heterocycles. The van der Waals surface area contributed by atoms with Crippen LogP contribution in [0.5, 0.6) is 23.0 Å². The van der Waals surface area contributed by atoms with E-state index in [0.717, 1.165) is 0 Å². The van der Waals surface area contributed by atoms with Gasteiger partial charge in [0.15, 0.2) is 31.9 Å². The molecule has 0 bridgehead atoms. The van der Waals surface area contributed by atoms with Crippen LogP contribution in [0.3, 0.4) is 0 Å². The van der Waals surface area contributed by atoms with E-state index >= 15 is 0 Å². The van der Waals surface area contributed by atoms with Crippen LogP contribution >= 0.6 is 23.2 Å². The average Bonchev–Trinajstić information content (AvgIpc) is 2.83. The molecule has 10 nitrogen and oxygen atoms in total. The van der Waals surface area contributed by atoms with E-state index in [9.17, 15) is 14.7 Å². The van der Waals surface area contributed by atoms with Crippen LogP contribution in [-0.2, 0) is 14.2 Å². The van der Waals surface area contributed by atoms with Crippen LogP contribution in [0.4, 0.5) is 0 Å². The number of ketones is 1. The van der Waals surface area contributed by atoms with Gasteiger partial charge in [-0.05, 0) is 18.6 Å². The van der Waals surface area contributed by atoms with Gasteiger partial charge in [0.1, 0.15) is 17.1 Å². The van der Waals surface area contributed by atoms with Crippen LogP contribution in [0.15, 0.2) is 12.1 Å². The first-order chi connectivity index (χ1) is 16.2. The Morgan fingerprint density at radius 2 is 1.32 bits per heavy atom. The van der Waals surface area contributed by atoms with Crippen molar-refractivity contribution in [3.63, 3.8) is 0 Å². The fraction of sp³-hybridized carbons (Fsp3) is 0.364. The Morgan fingerprint density at radius 1 is 0.824 bits per heavy atom. The van der Waals surface area contributed by atoms with Gasteiger partial charge in [0.25, 0.3) is 0 Å². The predicted molar refractivity (Wildman–Crippen MR) is 122 cm³/mol. The summed E-state index contributed by atoms with van der Waals surface area (Å²) in [6, 6.07) is 2.52. The van der Waals surface area contributed by atoms with Gasteiger partial charge in [-0.25, -0.2) is 4.79 Å². The van der Waals surface area contributed by atoms with Crippen LogP contribution in [-0.4, -0.2) is 65.7 Å². The van der Waals surface area contributed by atoms with Crippen molar-refractivity contribution in [2.45, 2.75) is 6.92 Å². The third-order valence-corrected chi connectivity index (χ3v) is 5.39. The van der Waals surface area contributed by atoms with Crippen molar-refractivity contribution in [1.29, 1.82) is 0 Å². The first kappa shape index (κ1) is 27.5. The Labute approximate surface area is 206 Å². The highest BCUT2D eigenvalue weighted by molar-refractivity contribution is 6.39. The van der Waals surface area contributed by atoms with E-state index in [1.807, 2.05) is 0 Å². The Kier molecular flexibility index (Phi) is 10.2. The maximum atomic E-state index is 13.9. The highest BCUT2D eigenvalue weighted by Crippen LogP contribution is 2.47. The van der Waals surface area contributed by atoms with E-state index in [4.69, 9.17) is 56.4 Å². The summed E-state index contributed by atoms with van der Waals surface area (Å²) in [6.07, 6.45) is 0. The number of benzene rings is 2. The summed E-state index contributed by atoms with van der Waals surface area (Å²) >= 11 is 12.9. The molecule has 0 saturated carbocycles. The molecule has 186 valence electrons. The van der Waals surface area contributed by atoms with Crippen molar-refractivity contribution < 1.29 is 47.9 Å². The summed E-state index contributed by atoms with van der Waals surface area (Å²) in [4.78, 5) is 26.0. The fourth-order valence-electron chi connectivity index (χ4n) is 2.96. The number of carboxylic acids is 1. The number of carbonyl (C=O) groups is 2. The van der Waals surface area contributed by atoms with E-state index in [0.29, 0.717) is 5.56 Å². The maximum Gasteiger partial charge on any atom is 0.336 e. The quantitative estimate of drug-likeness (QED) is 0.305. The first-order valence-electron chi connectivity index (χ1n) is 9.60. The summed E-state index contributed by atoms with van der Waals surface area (Å²) in [6.45, 7) is 0.918. The van der Waals surface area contributed by atoms with E-state index in [-0.39, 0.29) is 64.5 Å². The smallest absolute Gasteiger partial charge is 0.336 e. The second-order valence-corrected chi connectivity index (χ2v) is 7.38. The molecule has 12 heteroatoms. The fourth-order valence-corrected chi connectivity index (χ4v) is 3.50. The molecule has 0 fully saturated rings. The lowest BCUT2D eigenvalue weighted by atomic mass is 9.94. The molecule has 0 amide bonds. The lowest BCUT2D eigenvalue weighted by Crippen LogP contribution is -2.17. The molecule has 0 heterocycles. The molecule has 2 rings (SSSR count). The standard InChI is InChI=1S/C22H24Cl2O10/c1-11-17(23)20(33-9-29-3)16(21(18(11)24)34-10-30-4)19(25)15-13(22(26)27)6-12(32-8-28-2)7-14(15)31-5/h6-7H,8-10H2,1-5H3,(H,26,27). The van der Waals surface area contributed by atoms with Gasteiger partial charge in [-0.15, -0.1) is 0 Å². The Hall–Kier alpha value is -2.76. The number of carboxylic acid groups (broad SMARTS) is 1. The molecule has 0 aliphatic heterocycles. The molecule has 0 aromatic heterocycles. The molecule has 0 aliphatic carbocycles. The largest absolute Gasteiger partial charge is 0.496 e. The van der Waals surface area contributed by atoms with Crippen LogP contribution < -0.4 is 18.9 Å². The molecule has 1 N–H and O–H groups in total. The number of hydrogen-bond donors (Lipinski definition) is 1. The van der Waals surface area contributed by atoms with Crippen molar-refractivity contribution in [3.8, 4) is 23.0 Å². The van der Waals surface area contributed by atoms with Gasteiger partial charge < -0.3 is 38.3 Å². The minimum Gasteiger partial charge on any atom is -0.496 e. The minimum atomic E-state index is -1.41. The SMILES string of the molecule is COCOc1cc(OC)c(C(=O)c2c(OCOC)c(Cl)c(C)c(Cl)c2OCOC)c(C(=O)O)c1. The third-order valence-electron chi connectivity index (χ3n) is 4.48. The number of carbonyl (C=O) groups excluding carboxylic acids is 1. The lowest BCUT2D eigenvalue weighted by Gasteiger charge is -2.21. The van der Waals surface area contributed by atoms with Crippen molar-refractivity contribution in [3.05, 3.63) is 44.4 Å². The van der Waals surface area contributed by atoms with Crippen LogP contribution in [0.2, 0.25) is 10.0 Å². The lowest BCUT2D eigenvalue weighted by molar-refractivity contribution is 0.0445. The zero-order valence-corrected chi connectivity index (χ0v) is 20.7. The van der Waals surface area contributed by atoms with Gasteiger partial charge in [0.05, 0.1) is 28.3 Å². The predicted octanol–water partition coefficient (Wildman–Crippen LogP) is 4.19. The second-order valence-electron chi connectivity index (χ2n) is 6.62. The van der Waals surface area contributed by atoms with Crippen molar-refractivity contribution in [2.75, 3.05) is 48.8 Å². The molecule has 0 atom stereocenters. The number of methoxy groups -OCH3 is 4. The molecule has 2 aromatic carbocycles. The number of halogens is 2. The minimum absolute atomic E-state index is 0.0195. The van der Waals surface area contributed by atoms with E-state index < -0.39 is 17.3 Å². The van der Waals surface area contributed by atoms with Crippen molar-refractivity contribution in [1.82, 2.24) is 0 Å². The molecule has 0 unspecified atom stereocenters. The molecule has 2 aromatic rings. The highest BCUT2D eigenvalue weighted by Gasteiger charge is 2.33. The normalized spacial score (nSPS) is 10.7. The van der Waals surface area contributed by atoms with E-state index in [1.165, 1.54) is 40.6 Å². The Balaban J connectivity index is 2.87. The van der Waals surface area contributed by atoms with Crippen molar-refractivity contribution >= 4 is 35.0 Å². The van der Waals surface area contributed by atoms with Crippen LogP contribution in [0.1, 0.15) is 31.8 Å². The zero-order chi connectivity index (χ0) is 25.4. The first-order valence-corrected chi connectivity index (χ1v) is 10.4. The summed E-state index contributed by atoms with van der Waals surface area (Å²) in [5.74, 6) is -2.45. The maximum absolute atomic E-state index is 13.9. The number of rotatable bonds is 13. The zero-order valence-electron chi connectivity index (χ0n) is 19.2. The summed E-state index contributed by atoms with van der Waals surface area (Å²) in [5, 5.41) is 9.90. The van der Waals surface area contributed by atoms with E-state index in [2.05, 4.69) is 0 Å². The molecular formula is C22H24Cl2O10. The second kappa shape index (κ2) is 12.6. The highest BCUT2D eigenvalue weighted by atomic mass is 35.5. The van der Waals surface area contributed by atoms with Crippen LogP contribution in [0, 0.1) is 6.92 Å². The van der Waals surface area contributed by atoms with Gasteiger partial charge in [0, 0.05) is 27.4 Å². The van der Waals surface area contributed by atoms with Gasteiger partial charge in [-0.3, -0.25) is 4.79 Å². The molecular weight excluding hydrogens is 495 g/mol. The molecule has 0 aliphatic rings. The average molecular weight is 519 g/mol. The molecule has 0 spiro atoms. The van der Waals surface area contributed by atoms with Crippen molar-refractivity contribution in [2.24, 2.45) is 0 Å². The summed E-state index contributed by atoms with van der Waals surface area (Å²) in [5.41, 5.74) is -0.578. The summed E-state index contributed by atoms with van der Waals surface area (Å²) < 4.78 is 36.6. The monoisotopic (exact) mass is 518 g/mol. The Bertz CT molecular complexity index is 1020. The molecule has 0 radical (unpaired) electrons. The number of hydrogen-bond acceptors (Lipinski definition) is 9.